The smallest absolute Gasteiger partial charge is 0.209 e. The van der Waals surface area contributed by atoms with E-state index >= 15 is 0 Å². The SMILES string of the molecule is S=c1sc(Nc2cccc(Br)c2)nn1CN(C[C@H]1CCCO1)C[C@H]1CCCO1. The molecule has 0 saturated carbocycles. The van der Waals surface area contributed by atoms with Crippen molar-refractivity contribution < 1.29 is 9.47 Å². The second kappa shape index (κ2) is 9.77. The quantitative estimate of drug-likeness (QED) is 0.543. The third-order valence-corrected chi connectivity index (χ3v) is 6.70. The van der Waals surface area contributed by atoms with E-state index in [0.717, 1.165) is 71.2 Å². The molecule has 9 heteroatoms. The molecular weight excluding hydrogens is 460 g/mol. The second-order valence-corrected chi connectivity index (χ2v) is 9.79. The van der Waals surface area contributed by atoms with Crippen LogP contribution in [0.1, 0.15) is 25.7 Å². The van der Waals surface area contributed by atoms with Crippen LogP contribution in [0.5, 0.6) is 0 Å². The average molecular weight is 485 g/mol. The van der Waals surface area contributed by atoms with Crippen LogP contribution in [0.2, 0.25) is 0 Å². The second-order valence-electron chi connectivity index (χ2n) is 7.26. The van der Waals surface area contributed by atoms with E-state index in [4.69, 9.17) is 26.8 Å². The molecule has 2 aliphatic heterocycles. The van der Waals surface area contributed by atoms with E-state index < -0.39 is 0 Å². The molecule has 0 spiro atoms. The van der Waals surface area contributed by atoms with Crippen molar-refractivity contribution in [1.29, 1.82) is 0 Å². The molecule has 152 valence electrons. The summed E-state index contributed by atoms with van der Waals surface area (Å²) in [5, 5.41) is 8.86. The van der Waals surface area contributed by atoms with Gasteiger partial charge in [-0.15, -0.1) is 5.10 Å². The zero-order valence-corrected chi connectivity index (χ0v) is 18.9. The van der Waals surface area contributed by atoms with Gasteiger partial charge >= 0.3 is 0 Å². The first-order valence-electron chi connectivity index (χ1n) is 9.72. The molecular formula is C19H25BrN4O2S2. The normalized spacial score (nSPS) is 22.2. The maximum atomic E-state index is 5.86. The standard InChI is InChI=1S/C19H25BrN4O2S2/c20-14-4-1-5-15(10-14)21-18-22-24(19(27)28-18)13-23(11-16-6-2-8-25-16)12-17-7-3-9-26-17/h1,4-5,10,16-17H,2-3,6-9,11-13H2,(H,21,22)/t16-,17-/m1/s1. The maximum absolute atomic E-state index is 5.86. The summed E-state index contributed by atoms with van der Waals surface area (Å²) in [6, 6.07) is 8.03. The maximum Gasteiger partial charge on any atom is 0.209 e. The fraction of sp³-hybridized carbons (Fsp3) is 0.579. The number of nitrogens with zero attached hydrogens (tertiary/aromatic N) is 3. The molecule has 1 aromatic carbocycles. The molecule has 0 unspecified atom stereocenters. The van der Waals surface area contributed by atoms with Crippen LogP contribution in [0.25, 0.3) is 0 Å². The molecule has 3 heterocycles. The molecule has 4 rings (SSSR count). The topological polar surface area (TPSA) is 51.6 Å². The number of anilines is 2. The molecule has 0 aliphatic carbocycles. The van der Waals surface area contributed by atoms with E-state index in [1.165, 1.54) is 11.3 Å². The van der Waals surface area contributed by atoms with Crippen molar-refractivity contribution in [2.24, 2.45) is 0 Å². The average Bonchev–Trinajstić information content (AvgIpc) is 3.40. The first-order valence-corrected chi connectivity index (χ1v) is 11.7. The Hall–Kier alpha value is -0.840. The predicted octanol–water partition coefficient (Wildman–Crippen LogP) is 4.80. The first-order chi connectivity index (χ1) is 13.7. The molecule has 2 fully saturated rings. The van der Waals surface area contributed by atoms with Crippen molar-refractivity contribution in [3.63, 3.8) is 0 Å². The van der Waals surface area contributed by atoms with Gasteiger partial charge in [0.2, 0.25) is 5.13 Å². The Bertz CT molecular complexity index is 813. The minimum Gasteiger partial charge on any atom is -0.377 e. The molecule has 2 atom stereocenters. The summed E-state index contributed by atoms with van der Waals surface area (Å²) in [6.07, 6.45) is 5.15. The van der Waals surface area contributed by atoms with Gasteiger partial charge in [0, 0.05) is 36.5 Å². The van der Waals surface area contributed by atoms with Crippen LogP contribution in [-0.4, -0.2) is 53.2 Å². The van der Waals surface area contributed by atoms with E-state index in [1.807, 2.05) is 28.9 Å². The Kier molecular flexibility index (Phi) is 7.13. The van der Waals surface area contributed by atoms with E-state index in [1.54, 1.807) is 0 Å². The predicted molar refractivity (Wildman–Crippen MR) is 118 cm³/mol. The number of nitrogens with one attached hydrogen (secondary N) is 1. The van der Waals surface area contributed by atoms with Crippen LogP contribution in [0.4, 0.5) is 10.8 Å². The molecule has 0 radical (unpaired) electrons. The number of hydrogen-bond acceptors (Lipinski definition) is 7. The molecule has 1 aromatic heterocycles. The Balaban J connectivity index is 1.44. The highest BCUT2D eigenvalue weighted by atomic mass is 79.9. The van der Waals surface area contributed by atoms with Gasteiger partial charge in [-0.1, -0.05) is 33.3 Å². The lowest BCUT2D eigenvalue weighted by Crippen LogP contribution is -2.39. The largest absolute Gasteiger partial charge is 0.377 e. The molecule has 2 saturated heterocycles. The Morgan fingerprint density at radius 1 is 1.21 bits per heavy atom. The number of hydrogen-bond donors (Lipinski definition) is 1. The molecule has 28 heavy (non-hydrogen) atoms. The summed E-state index contributed by atoms with van der Waals surface area (Å²) in [4.78, 5) is 2.38. The lowest BCUT2D eigenvalue weighted by Gasteiger charge is -2.27. The van der Waals surface area contributed by atoms with Gasteiger partial charge in [0.15, 0.2) is 3.95 Å². The number of benzene rings is 1. The Labute approximate surface area is 183 Å². The van der Waals surface area contributed by atoms with Crippen molar-refractivity contribution in [3.05, 3.63) is 32.7 Å². The third-order valence-electron chi connectivity index (χ3n) is 4.99. The van der Waals surface area contributed by atoms with Crippen LogP contribution in [0.3, 0.4) is 0 Å². The summed E-state index contributed by atoms with van der Waals surface area (Å²) in [5.74, 6) is 0. The summed E-state index contributed by atoms with van der Waals surface area (Å²) >= 11 is 10.6. The van der Waals surface area contributed by atoms with Crippen LogP contribution in [0.15, 0.2) is 28.7 Å². The summed E-state index contributed by atoms with van der Waals surface area (Å²) in [7, 11) is 0. The van der Waals surface area contributed by atoms with E-state index in [9.17, 15) is 0 Å². The van der Waals surface area contributed by atoms with Gasteiger partial charge in [0.1, 0.15) is 0 Å². The van der Waals surface area contributed by atoms with Crippen LogP contribution < -0.4 is 5.32 Å². The Morgan fingerprint density at radius 3 is 2.54 bits per heavy atom. The van der Waals surface area contributed by atoms with E-state index in [-0.39, 0.29) is 0 Å². The molecule has 2 aliphatic rings. The lowest BCUT2D eigenvalue weighted by atomic mass is 10.2. The van der Waals surface area contributed by atoms with Crippen molar-refractivity contribution >= 4 is 50.3 Å². The van der Waals surface area contributed by atoms with Crippen molar-refractivity contribution in [2.75, 3.05) is 31.6 Å². The highest BCUT2D eigenvalue weighted by Gasteiger charge is 2.24. The monoisotopic (exact) mass is 484 g/mol. The number of ether oxygens (including phenoxy) is 2. The Morgan fingerprint density at radius 2 is 1.93 bits per heavy atom. The van der Waals surface area contributed by atoms with Crippen molar-refractivity contribution in [2.45, 2.75) is 44.6 Å². The number of halogens is 1. The van der Waals surface area contributed by atoms with Crippen LogP contribution in [0, 0.1) is 3.95 Å². The van der Waals surface area contributed by atoms with Crippen LogP contribution in [-0.2, 0) is 16.1 Å². The first kappa shape index (κ1) is 20.4. The summed E-state index contributed by atoms with van der Waals surface area (Å²) in [5.41, 5.74) is 0.987. The van der Waals surface area contributed by atoms with Gasteiger partial charge < -0.3 is 14.8 Å². The summed E-state index contributed by atoms with van der Waals surface area (Å²) in [6.45, 7) is 4.20. The molecule has 0 bridgehead atoms. The summed E-state index contributed by atoms with van der Waals surface area (Å²) < 4.78 is 15.4. The number of rotatable bonds is 8. The molecule has 2 aromatic rings. The van der Waals surface area contributed by atoms with Gasteiger partial charge in [-0.25, -0.2) is 4.68 Å². The highest BCUT2D eigenvalue weighted by Crippen LogP contribution is 2.24. The molecule has 1 N–H and O–H groups in total. The highest BCUT2D eigenvalue weighted by molar-refractivity contribution is 9.10. The van der Waals surface area contributed by atoms with E-state index in [0.29, 0.717) is 18.9 Å². The molecule has 0 amide bonds. The van der Waals surface area contributed by atoms with Gasteiger partial charge in [-0.3, -0.25) is 4.90 Å². The zero-order chi connectivity index (χ0) is 19.3. The van der Waals surface area contributed by atoms with Gasteiger partial charge in [-0.05, 0) is 56.1 Å². The van der Waals surface area contributed by atoms with Gasteiger partial charge in [-0.2, -0.15) is 0 Å². The van der Waals surface area contributed by atoms with Gasteiger partial charge in [0.05, 0.1) is 18.9 Å². The lowest BCUT2D eigenvalue weighted by molar-refractivity contribution is 0.0237. The number of aromatic nitrogens is 2. The fourth-order valence-electron chi connectivity index (χ4n) is 3.67. The van der Waals surface area contributed by atoms with E-state index in [2.05, 4.69) is 26.1 Å². The third kappa shape index (κ3) is 5.61. The zero-order valence-electron chi connectivity index (χ0n) is 15.7. The fourth-order valence-corrected chi connectivity index (χ4v) is 5.08. The van der Waals surface area contributed by atoms with Crippen molar-refractivity contribution in [1.82, 2.24) is 14.7 Å². The molecule has 6 nitrogen and oxygen atoms in total. The minimum absolute atomic E-state index is 0.300. The van der Waals surface area contributed by atoms with Crippen molar-refractivity contribution in [3.8, 4) is 0 Å². The van der Waals surface area contributed by atoms with Gasteiger partial charge in [0.25, 0.3) is 0 Å². The minimum atomic E-state index is 0.300. The van der Waals surface area contributed by atoms with Crippen LogP contribution >= 0.6 is 39.5 Å².